The first-order chi connectivity index (χ1) is 13.5. The van der Waals surface area contributed by atoms with Crippen LogP contribution in [-0.2, 0) is 9.59 Å². The Labute approximate surface area is 160 Å². The Hall–Kier alpha value is -3.16. The Kier molecular flexibility index (Phi) is 4.85. The van der Waals surface area contributed by atoms with Crippen molar-refractivity contribution in [3.05, 3.63) is 48.0 Å². The van der Waals surface area contributed by atoms with Gasteiger partial charge in [0.2, 0.25) is 11.8 Å². The Morgan fingerprint density at radius 3 is 2.61 bits per heavy atom. The van der Waals surface area contributed by atoms with Crippen LogP contribution in [0.2, 0.25) is 0 Å². The second kappa shape index (κ2) is 7.46. The molecule has 0 spiro atoms. The standard InChI is InChI=1S/C20H18F2N2O4/c21-15-4-3-13(11-16(15)22)24-7-6-14(20(24)26)19(25)23-12-2-5-17-18(10-12)28-9-1-8-27-17/h2-5,10-11,14H,1,6-9H2,(H,23,25). The van der Waals surface area contributed by atoms with Crippen LogP contribution in [-0.4, -0.2) is 31.6 Å². The van der Waals surface area contributed by atoms with E-state index in [1.165, 1.54) is 11.0 Å². The molecule has 28 heavy (non-hydrogen) atoms. The normalized spacial score (nSPS) is 18.7. The van der Waals surface area contributed by atoms with Crippen LogP contribution in [0.5, 0.6) is 11.5 Å². The number of nitrogens with zero attached hydrogens (tertiary/aromatic N) is 1. The van der Waals surface area contributed by atoms with Crippen LogP contribution in [0.4, 0.5) is 20.2 Å². The number of hydrogen-bond donors (Lipinski definition) is 1. The Bertz CT molecular complexity index is 934. The number of nitrogens with one attached hydrogen (secondary N) is 1. The van der Waals surface area contributed by atoms with Gasteiger partial charge in [-0.3, -0.25) is 9.59 Å². The molecule has 8 heteroatoms. The molecule has 2 heterocycles. The van der Waals surface area contributed by atoms with Crippen molar-refractivity contribution in [1.29, 1.82) is 0 Å². The largest absolute Gasteiger partial charge is 0.490 e. The van der Waals surface area contributed by atoms with Crippen molar-refractivity contribution in [3.63, 3.8) is 0 Å². The highest BCUT2D eigenvalue weighted by atomic mass is 19.2. The van der Waals surface area contributed by atoms with Gasteiger partial charge < -0.3 is 19.7 Å². The highest BCUT2D eigenvalue weighted by molar-refractivity contribution is 6.13. The van der Waals surface area contributed by atoms with Crippen LogP contribution in [0.1, 0.15) is 12.8 Å². The summed E-state index contributed by atoms with van der Waals surface area (Å²) in [4.78, 5) is 26.5. The van der Waals surface area contributed by atoms with Crippen molar-refractivity contribution >= 4 is 23.2 Å². The second-order valence-electron chi connectivity index (χ2n) is 6.63. The summed E-state index contributed by atoms with van der Waals surface area (Å²) in [6.07, 6.45) is 1.06. The number of carbonyl (C=O) groups is 2. The zero-order chi connectivity index (χ0) is 19.7. The highest BCUT2D eigenvalue weighted by Crippen LogP contribution is 2.33. The van der Waals surface area contributed by atoms with Crippen LogP contribution < -0.4 is 19.7 Å². The quantitative estimate of drug-likeness (QED) is 0.821. The van der Waals surface area contributed by atoms with Crippen molar-refractivity contribution in [2.45, 2.75) is 12.8 Å². The first kappa shape index (κ1) is 18.2. The fourth-order valence-corrected chi connectivity index (χ4v) is 3.30. The van der Waals surface area contributed by atoms with Gasteiger partial charge in [-0.05, 0) is 30.7 Å². The summed E-state index contributed by atoms with van der Waals surface area (Å²) < 4.78 is 37.7. The predicted octanol–water partition coefficient (Wildman–Crippen LogP) is 3.12. The van der Waals surface area contributed by atoms with Crippen molar-refractivity contribution in [1.82, 2.24) is 0 Å². The molecule has 1 N–H and O–H groups in total. The van der Waals surface area contributed by atoms with Gasteiger partial charge in [-0.15, -0.1) is 0 Å². The van der Waals surface area contributed by atoms with Gasteiger partial charge in [0.05, 0.1) is 13.2 Å². The highest BCUT2D eigenvalue weighted by Gasteiger charge is 2.38. The van der Waals surface area contributed by atoms with E-state index < -0.39 is 29.4 Å². The number of amides is 2. The van der Waals surface area contributed by atoms with Crippen LogP contribution in [0.15, 0.2) is 36.4 Å². The lowest BCUT2D eigenvalue weighted by Crippen LogP contribution is -2.33. The van der Waals surface area contributed by atoms with E-state index in [1.54, 1.807) is 18.2 Å². The van der Waals surface area contributed by atoms with E-state index in [0.29, 0.717) is 30.4 Å². The van der Waals surface area contributed by atoms with E-state index in [0.717, 1.165) is 18.6 Å². The molecule has 2 amide bonds. The van der Waals surface area contributed by atoms with Gasteiger partial charge in [0.25, 0.3) is 0 Å². The first-order valence-corrected chi connectivity index (χ1v) is 9.00. The molecule has 0 radical (unpaired) electrons. The van der Waals surface area contributed by atoms with E-state index in [9.17, 15) is 18.4 Å². The van der Waals surface area contributed by atoms with Crippen molar-refractivity contribution in [2.75, 3.05) is 30.0 Å². The van der Waals surface area contributed by atoms with Gasteiger partial charge in [0.15, 0.2) is 23.1 Å². The third-order valence-electron chi connectivity index (χ3n) is 4.75. The molecule has 2 aliphatic heterocycles. The molecule has 1 atom stereocenters. The van der Waals surface area contributed by atoms with Gasteiger partial charge in [-0.1, -0.05) is 0 Å². The fourth-order valence-electron chi connectivity index (χ4n) is 3.30. The molecule has 1 unspecified atom stereocenters. The molecule has 1 saturated heterocycles. The number of fused-ring (bicyclic) bond motifs is 1. The maximum Gasteiger partial charge on any atom is 0.239 e. The summed E-state index contributed by atoms with van der Waals surface area (Å²) in [5.74, 6) is -2.68. The summed E-state index contributed by atoms with van der Waals surface area (Å²) >= 11 is 0. The molecule has 0 aromatic heterocycles. The molecule has 2 aliphatic rings. The lowest BCUT2D eigenvalue weighted by atomic mass is 10.1. The van der Waals surface area contributed by atoms with Gasteiger partial charge >= 0.3 is 0 Å². The first-order valence-electron chi connectivity index (χ1n) is 9.00. The zero-order valence-corrected chi connectivity index (χ0v) is 14.9. The fraction of sp³-hybridized carbons (Fsp3) is 0.300. The average molecular weight is 388 g/mol. The van der Waals surface area contributed by atoms with Gasteiger partial charge in [-0.25, -0.2) is 8.78 Å². The van der Waals surface area contributed by atoms with Crippen molar-refractivity contribution in [2.24, 2.45) is 5.92 Å². The third-order valence-corrected chi connectivity index (χ3v) is 4.75. The molecule has 0 aliphatic carbocycles. The topological polar surface area (TPSA) is 67.9 Å². The lowest BCUT2D eigenvalue weighted by molar-refractivity contribution is -0.129. The minimum absolute atomic E-state index is 0.231. The Morgan fingerprint density at radius 1 is 1.04 bits per heavy atom. The van der Waals surface area contributed by atoms with E-state index in [-0.39, 0.29) is 18.7 Å². The summed E-state index contributed by atoms with van der Waals surface area (Å²) in [7, 11) is 0. The maximum absolute atomic E-state index is 13.5. The van der Waals surface area contributed by atoms with Gasteiger partial charge in [0, 0.05) is 36.5 Å². The molecular weight excluding hydrogens is 370 g/mol. The van der Waals surface area contributed by atoms with E-state index >= 15 is 0 Å². The monoisotopic (exact) mass is 388 g/mol. The number of benzene rings is 2. The van der Waals surface area contributed by atoms with Crippen molar-refractivity contribution < 1.29 is 27.8 Å². The van der Waals surface area contributed by atoms with Crippen LogP contribution >= 0.6 is 0 Å². The lowest BCUT2D eigenvalue weighted by Gasteiger charge is -2.17. The molecule has 0 saturated carbocycles. The van der Waals surface area contributed by atoms with Crippen LogP contribution in [0.25, 0.3) is 0 Å². The molecular formula is C20H18F2N2O4. The summed E-state index contributed by atoms with van der Waals surface area (Å²) in [5, 5.41) is 2.72. The number of rotatable bonds is 3. The third kappa shape index (κ3) is 3.49. The number of halogens is 2. The number of anilines is 2. The second-order valence-corrected chi connectivity index (χ2v) is 6.63. The van der Waals surface area contributed by atoms with Gasteiger partial charge in [-0.2, -0.15) is 0 Å². The van der Waals surface area contributed by atoms with Crippen LogP contribution in [0, 0.1) is 17.6 Å². The van der Waals surface area contributed by atoms with Gasteiger partial charge in [0.1, 0.15) is 5.92 Å². The average Bonchev–Trinajstić information content (AvgIpc) is 2.91. The van der Waals surface area contributed by atoms with E-state index in [2.05, 4.69) is 5.32 Å². The molecule has 6 nitrogen and oxygen atoms in total. The van der Waals surface area contributed by atoms with Crippen molar-refractivity contribution in [3.8, 4) is 11.5 Å². The summed E-state index contributed by atoms with van der Waals surface area (Å²) in [6.45, 7) is 1.34. The van der Waals surface area contributed by atoms with E-state index in [1.807, 2.05) is 0 Å². The maximum atomic E-state index is 13.5. The molecule has 146 valence electrons. The molecule has 2 aromatic rings. The molecule has 1 fully saturated rings. The molecule has 2 aromatic carbocycles. The summed E-state index contributed by atoms with van der Waals surface area (Å²) in [5.41, 5.74) is 0.725. The smallest absolute Gasteiger partial charge is 0.239 e. The SMILES string of the molecule is O=C(Nc1ccc2c(c1)OCCCO2)C1CCN(c2ccc(F)c(F)c2)C1=O. The summed E-state index contributed by atoms with van der Waals surface area (Å²) in [6, 6.07) is 8.28. The molecule has 4 rings (SSSR count). The Balaban J connectivity index is 1.46. The zero-order valence-electron chi connectivity index (χ0n) is 14.9. The minimum atomic E-state index is -1.04. The number of ether oxygens (including phenoxy) is 2. The predicted molar refractivity (Wildman–Crippen MR) is 97.5 cm³/mol. The minimum Gasteiger partial charge on any atom is -0.490 e. The number of carbonyl (C=O) groups excluding carboxylic acids is 2. The number of hydrogen-bond acceptors (Lipinski definition) is 4. The Morgan fingerprint density at radius 2 is 1.82 bits per heavy atom. The van der Waals surface area contributed by atoms with Crippen LogP contribution in [0.3, 0.4) is 0 Å². The van der Waals surface area contributed by atoms with E-state index in [4.69, 9.17) is 9.47 Å². The molecule has 0 bridgehead atoms.